The summed E-state index contributed by atoms with van der Waals surface area (Å²) in [5.41, 5.74) is 4.63. The lowest BCUT2D eigenvalue weighted by atomic mass is 9.98. The second-order valence-electron chi connectivity index (χ2n) is 7.94. The molecule has 0 aliphatic rings. The molecule has 0 radical (unpaired) electrons. The smallest absolute Gasteiger partial charge is 0.416 e. The number of aromatic nitrogens is 3. The zero-order chi connectivity index (χ0) is 24.5. The number of hydrogen-bond acceptors (Lipinski definition) is 6. The summed E-state index contributed by atoms with van der Waals surface area (Å²) in [7, 11) is 0. The minimum absolute atomic E-state index is 0.0325. The summed E-state index contributed by atoms with van der Waals surface area (Å²) in [6.07, 6.45) is -4.27. The van der Waals surface area contributed by atoms with Crippen molar-refractivity contribution in [2.24, 2.45) is 0 Å². The van der Waals surface area contributed by atoms with Gasteiger partial charge in [-0.3, -0.25) is 4.79 Å². The fourth-order valence-corrected chi connectivity index (χ4v) is 4.45. The molecule has 0 fully saturated rings. The summed E-state index contributed by atoms with van der Waals surface area (Å²) in [5.74, 6) is -0.153. The van der Waals surface area contributed by atoms with Gasteiger partial charge in [-0.05, 0) is 50.1 Å². The highest BCUT2D eigenvalue weighted by Crippen LogP contribution is 2.32. The van der Waals surface area contributed by atoms with Crippen molar-refractivity contribution in [3.8, 4) is 22.7 Å². The maximum absolute atomic E-state index is 12.9. The molecule has 2 aromatic carbocycles. The van der Waals surface area contributed by atoms with Crippen LogP contribution >= 0.6 is 11.3 Å². The number of thiazole rings is 1. The second kappa shape index (κ2) is 9.38. The number of rotatable bonds is 6. The lowest BCUT2D eigenvalue weighted by molar-refractivity contribution is -0.137. The van der Waals surface area contributed by atoms with E-state index in [1.54, 1.807) is 0 Å². The van der Waals surface area contributed by atoms with Crippen LogP contribution in [0.25, 0.3) is 22.7 Å². The predicted molar refractivity (Wildman–Crippen MR) is 123 cm³/mol. The van der Waals surface area contributed by atoms with Crippen molar-refractivity contribution in [3.05, 3.63) is 69.9 Å². The average molecular weight is 487 g/mol. The van der Waals surface area contributed by atoms with E-state index in [0.29, 0.717) is 5.13 Å². The molecule has 0 bridgehead atoms. The zero-order valence-electron chi connectivity index (χ0n) is 18.7. The number of carbonyl (C=O) groups is 1. The Hall–Kier alpha value is -3.53. The summed E-state index contributed by atoms with van der Waals surface area (Å²) in [6.45, 7) is 6.11. The third-order valence-corrected chi connectivity index (χ3v) is 5.91. The number of alkyl halides is 3. The van der Waals surface area contributed by atoms with Crippen LogP contribution in [0.15, 0.2) is 46.2 Å². The van der Waals surface area contributed by atoms with Crippen molar-refractivity contribution >= 4 is 22.4 Å². The van der Waals surface area contributed by atoms with Crippen LogP contribution in [0.4, 0.5) is 18.3 Å². The average Bonchev–Trinajstić information content (AvgIpc) is 3.41. The van der Waals surface area contributed by atoms with Crippen molar-refractivity contribution in [2.45, 2.75) is 39.8 Å². The SMILES string of the molecule is Cc1cc(C)c(-c2csc(NC(=O)CCc3nnc(-c4cccc(C(F)(F)F)c4)o3)n2)c(C)c1. The number of nitrogens with one attached hydrogen (secondary N) is 1. The van der Waals surface area contributed by atoms with Crippen molar-refractivity contribution in [3.63, 3.8) is 0 Å². The number of aryl methyl sites for hydroxylation is 4. The summed E-state index contributed by atoms with van der Waals surface area (Å²) in [5, 5.41) is 12.8. The summed E-state index contributed by atoms with van der Waals surface area (Å²) < 4.78 is 44.2. The van der Waals surface area contributed by atoms with Gasteiger partial charge < -0.3 is 9.73 Å². The third-order valence-electron chi connectivity index (χ3n) is 5.15. The molecule has 2 heterocycles. The molecule has 0 atom stereocenters. The molecule has 1 amide bonds. The van der Waals surface area contributed by atoms with Crippen LogP contribution in [0.1, 0.15) is 34.6 Å². The van der Waals surface area contributed by atoms with E-state index in [-0.39, 0.29) is 36.1 Å². The standard InChI is InChI=1S/C24H21F3N4O2S/c1-13-9-14(2)21(15(3)10-13)18-12-34-23(28-18)29-19(32)7-8-20-30-31-22(33-20)16-5-4-6-17(11-16)24(25,26)27/h4-6,9-12H,7-8H2,1-3H3,(H,28,29,32). The first-order valence-electron chi connectivity index (χ1n) is 10.4. The molecule has 0 aliphatic carbocycles. The maximum atomic E-state index is 12.9. The second-order valence-corrected chi connectivity index (χ2v) is 8.80. The minimum Gasteiger partial charge on any atom is -0.421 e. The number of carbonyl (C=O) groups excluding carboxylic acids is 1. The highest BCUT2D eigenvalue weighted by molar-refractivity contribution is 7.14. The molecule has 4 rings (SSSR count). The maximum Gasteiger partial charge on any atom is 0.416 e. The van der Waals surface area contributed by atoms with E-state index in [1.807, 2.05) is 26.2 Å². The number of amides is 1. The Morgan fingerprint density at radius 2 is 1.82 bits per heavy atom. The fourth-order valence-electron chi connectivity index (χ4n) is 3.73. The summed E-state index contributed by atoms with van der Waals surface area (Å²) in [6, 6.07) is 8.84. The number of anilines is 1. The lowest BCUT2D eigenvalue weighted by Gasteiger charge is -2.08. The molecule has 0 spiro atoms. The first-order valence-corrected chi connectivity index (χ1v) is 11.3. The largest absolute Gasteiger partial charge is 0.421 e. The Kier molecular flexibility index (Phi) is 6.52. The first kappa shape index (κ1) is 23.6. The van der Waals surface area contributed by atoms with Gasteiger partial charge in [0.25, 0.3) is 0 Å². The molecule has 34 heavy (non-hydrogen) atoms. The Labute approximate surface area is 197 Å². The van der Waals surface area contributed by atoms with Crippen molar-refractivity contribution in [1.82, 2.24) is 15.2 Å². The van der Waals surface area contributed by atoms with E-state index in [9.17, 15) is 18.0 Å². The van der Waals surface area contributed by atoms with Gasteiger partial charge in [0.05, 0.1) is 11.3 Å². The Balaban J connectivity index is 1.38. The Morgan fingerprint density at radius 3 is 2.53 bits per heavy atom. The molecule has 0 saturated carbocycles. The van der Waals surface area contributed by atoms with Gasteiger partial charge in [0.15, 0.2) is 5.13 Å². The molecular formula is C24H21F3N4O2S. The lowest BCUT2D eigenvalue weighted by Crippen LogP contribution is -2.12. The third kappa shape index (κ3) is 5.33. The van der Waals surface area contributed by atoms with E-state index in [1.165, 1.54) is 29.0 Å². The van der Waals surface area contributed by atoms with E-state index >= 15 is 0 Å². The van der Waals surface area contributed by atoms with E-state index < -0.39 is 11.7 Å². The monoisotopic (exact) mass is 486 g/mol. The van der Waals surface area contributed by atoms with E-state index in [0.717, 1.165) is 34.5 Å². The van der Waals surface area contributed by atoms with Crippen LogP contribution in [-0.4, -0.2) is 21.1 Å². The molecule has 1 N–H and O–H groups in total. The minimum atomic E-state index is -4.47. The van der Waals surface area contributed by atoms with E-state index in [2.05, 4.69) is 32.6 Å². The van der Waals surface area contributed by atoms with Crippen LogP contribution in [-0.2, 0) is 17.4 Å². The fraction of sp³-hybridized carbons (Fsp3) is 0.250. The highest BCUT2D eigenvalue weighted by Gasteiger charge is 2.30. The van der Waals surface area contributed by atoms with Crippen LogP contribution in [0.2, 0.25) is 0 Å². The molecule has 2 aromatic heterocycles. The Bertz CT molecular complexity index is 1320. The summed E-state index contributed by atoms with van der Waals surface area (Å²) in [4.78, 5) is 16.9. The topological polar surface area (TPSA) is 80.9 Å². The van der Waals surface area contributed by atoms with Gasteiger partial charge in [0.1, 0.15) is 0 Å². The highest BCUT2D eigenvalue weighted by atomic mass is 32.1. The molecule has 10 heteroatoms. The number of benzene rings is 2. The van der Waals surface area contributed by atoms with Gasteiger partial charge >= 0.3 is 6.18 Å². The number of nitrogens with zero attached hydrogens (tertiary/aromatic N) is 3. The molecule has 0 saturated heterocycles. The van der Waals surface area contributed by atoms with Crippen LogP contribution in [0.3, 0.4) is 0 Å². The van der Waals surface area contributed by atoms with Gasteiger partial charge in [-0.1, -0.05) is 23.8 Å². The normalized spacial score (nSPS) is 11.6. The Morgan fingerprint density at radius 1 is 1.09 bits per heavy atom. The molecule has 6 nitrogen and oxygen atoms in total. The van der Waals surface area contributed by atoms with Crippen LogP contribution in [0, 0.1) is 20.8 Å². The molecule has 0 unspecified atom stereocenters. The van der Waals surface area contributed by atoms with Crippen molar-refractivity contribution < 1.29 is 22.4 Å². The van der Waals surface area contributed by atoms with Crippen LogP contribution in [0.5, 0.6) is 0 Å². The van der Waals surface area contributed by atoms with Gasteiger partial charge in [0, 0.05) is 29.3 Å². The van der Waals surface area contributed by atoms with Gasteiger partial charge in [-0.25, -0.2) is 4.98 Å². The van der Waals surface area contributed by atoms with Crippen LogP contribution < -0.4 is 5.32 Å². The molecule has 0 aliphatic heterocycles. The first-order chi connectivity index (χ1) is 16.1. The van der Waals surface area contributed by atoms with Crippen molar-refractivity contribution in [1.29, 1.82) is 0 Å². The van der Waals surface area contributed by atoms with Gasteiger partial charge in [-0.2, -0.15) is 13.2 Å². The molecular weight excluding hydrogens is 465 g/mol. The number of halogens is 3. The van der Waals surface area contributed by atoms with Gasteiger partial charge in [-0.15, -0.1) is 21.5 Å². The number of hydrogen-bond donors (Lipinski definition) is 1. The quantitative estimate of drug-likeness (QED) is 0.342. The zero-order valence-corrected chi connectivity index (χ0v) is 19.5. The molecule has 4 aromatic rings. The summed E-state index contributed by atoms with van der Waals surface area (Å²) >= 11 is 1.33. The van der Waals surface area contributed by atoms with E-state index in [4.69, 9.17) is 4.42 Å². The predicted octanol–water partition coefficient (Wildman–Crippen LogP) is 6.38. The van der Waals surface area contributed by atoms with Gasteiger partial charge in [0.2, 0.25) is 17.7 Å². The molecule has 176 valence electrons. The van der Waals surface area contributed by atoms with Crippen molar-refractivity contribution in [2.75, 3.05) is 5.32 Å².